The van der Waals surface area contributed by atoms with Crippen LogP contribution in [0.3, 0.4) is 0 Å². The summed E-state index contributed by atoms with van der Waals surface area (Å²) in [6.07, 6.45) is 5.90. The van der Waals surface area contributed by atoms with Gasteiger partial charge in [0.2, 0.25) is 0 Å². The maximum absolute atomic E-state index is 12.9. The molecule has 1 unspecified atom stereocenters. The van der Waals surface area contributed by atoms with Crippen LogP contribution in [0.5, 0.6) is 0 Å². The molecule has 1 atom stereocenters. The zero-order valence-corrected chi connectivity index (χ0v) is 18.1. The molecule has 1 aromatic heterocycles. The van der Waals surface area contributed by atoms with Gasteiger partial charge in [-0.1, -0.05) is 19.0 Å². The van der Waals surface area contributed by atoms with Crippen LogP contribution in [0.4, 0.5) is 0 Å². The molecule has 158 valence electrons. The molecule has 0 bridgehead atoms. The Bertz CT molecular complexity index is 657. The summed E-state index contributed by atoms with van der Waals surface area (Å²) in [5.74, 6) is 1.53. The van der Waals surface area contributed by atoms with E-state index in [4.69, 9.17) is 14.0 Å². The first-order valence-electron chi connectivity index (χ1n) is 10.6. The minimum Gasteiger partial charge on any atom is -0.361 e. The predicted octanol–water partition coefficient (Wildman–Crippen LogP) is 3.73. The van der Waals surface area contributed by atoms with Gasteiger partial charge in [0, 0.05) is 24.6 Å². The van der Waals surface area contributed by atoms with E-state index in [9.17, 15) is 4.79 Å². The second kappa shape index (κ2) is 8.64. The molecule has 0 radical (unpaired) electrons. The van der Waals surface area contributed by atoms with E-state index < -0.39 is 5.54 Å². The summed E-state index contributed by atoms with van der Waals surface area (Å²) in [5, 5.41) is 4.23. The molecule has 6 heteroatoms. The third-order valence-corrected chi connectivity index (χ3v) is 6.22. The van der Waals surface area contributed by atoms with Crippen molar-refractivity contribution in [2.75, 3.05) is 26.8 Å². The van der Waals surface area contributed by atoms with Crippen molar-refractivity contribution in [3.05, 3.63) is 17.5 Å². The number of rotatable bonds is 10. The van der Waals surface area contributed by atoms with Gasteiger partial charge in [0.15, 0.2) is 12.1 Å². The summed E-state index contributed by atoms with van der Waals surface area (Å²) >= 11 is 0. The Kier molecular flexibility index (Phi) is 6.62. The van der Waals surface area contributed by atoms with E-state index in [-0.39, 0.29) is 23.9 Å². The van der Waals surface area contributed by atoms with E-state index in [1.54, 1.807) is 0 Å². The lowest BCUT2D eigenvalue weighted by Gasteiger charge is -2.34. The van der Waals surface area contributed by atoms with Crippen molar-refractivity contribution < 1.29 is 18.8 Å². The lowest BCUT2D eigenvalue weighted by Crippen LogP contribution is -2.49. The summed E-state index contributed by atoms with van der Waals surface area (Å²) in [5.41, 5.74) is 0.00590. The first kappa shape index (κ1) is 21.5. The number of likely N-dealkylation sites (N-methyl/N-ethyl adjacent to an activating group) is 1. The molecule has 1 saturated carbocycles. The van der Waals surface area contributed by atoms with Crippen LogP contribution in [-0.2, 0) is 26.1 Å². The number of hydrogen-bond acceptors (Lipinski definition) is 6. The van der Waals surface area contributed by atoms with Gasteiger partial charge in [0.05, 0.1) is 24.3 Å². The number of aromatic nitrogens is 1. The molecule has 0 spiro atoms. The molecule has 6 nitrogen and oxygen atoms in total. The zero-order chi connectivity index (χ0) is 20.4. The van der Waals surface area contributed by atoms with E-state index in [1.807, 2.05) is 27.0 Å². The van der Waals surface area contributed by atoms with E-state index >= 15 is 0 Å². The van der Waals surface area contributed by atoms with Crippen molar-refractivity contribution in [3.63, 3.8) is 0 Å². The maximum Gasteiger partial charge on any atom is 0.160 e. The highest BCUT2D eigenvalue weighted by Crippen LogP contribution is 2.32. The lowest BCUT2D eigenvalue weighted by atomic mass is 9.89. The molecule has 1 aliphatic heterocycles. The predicted molar refractivity (Wildman–Crippen MR) is 107 cm³/mol. The fourth-order valence-electron chi connectivity index (χ4n) is 3.44. The molecule has 2 fully saturated rings. The summed E-state index contributed by atoms with van der Waals surface area (Å²) in [6.45, 7) is 10.4. The fourth-order valence-corrected chi connectivity index (χ4v) is 3.44. The zero-order valence-electron chi connectivity index (χ0n) is 18.1. The number of ether oxygens (including phenoxy) is 2. The summed E-state index contributed by atoms with van der Waals surface area (Å²) < 4.78 is 17.1. The van der Waals surface area contributed by atoms with Crippen LogP contribution in [0.1, 0.15) is 71.3 Å². The van der Waals surface area contributed by atoms with Gasteiger partial charge in [-0.25, -0.2) is 0 Å². The number of nitrogens with zero attached hydrogens (tertiary/aromatic N) is 2. The van der Waals surface area contributed by atoms with Gasteiger partial charge in [0.25, 0.3) is 0 Å². The van der Waals surface area contributed by atoms with E-state index in [0.29, 0.717) is 12.4 Å². The first-order valence-corrected chi connectivity index (χ1v) is 10.6. The normalized spacial score (nSPS) is 21.3. The molecule has 1 saturated heterocycles. The Morgan fingerprint density at radius 1 is 1.25 bits per heavy atom. The minimum absolute atomic E-state index is 0.122. The molecule has 2 aliphatic rings. The Balaban J connectivity index is 1.55. The highest BCUT2D eigenvalue weighted by Gasteiger charge is 2.36. The summed E-state index contributed by atoms with van der Waals surface area (Å²) in [4.78, 5) is 15.1. The van der Waals surface area contributed by atoms with Gasteiger partial charge in [0.1, 0.15) is 5.76 Å². The molecule has 1 aliphatic carbocycles. The SMILES string of the molecule is CN(CC1CC1)C(C)(C)C(=O)Cc1cc(C(C)(C)COC2CCCCO2)no1. The minimum atomic E-state index is -0.507. The first-order chi connectivity index (χ1) is 13.2. The molecule has 3 rings (SSSR count). The Hall–Kier alpha value is -1.24. The van der Waals surface area contributed by atoms with Gasteiger partial charge in [-0.2, -0.15) is 0 Å². The molecule has 1 aromatic rings. The highest BCUT2D eigenvalue weighted by atomic mass is 16.7. The number of Topliss-reactive ketones (excluding diaryl/α,β-unsaturated/α-hetero) is 1. The van der Waals surface area contributed by atoms with Crippen LogP contribution in [0.25, 0.3) is 0 Å². The second-order valence-corrected chi connectivity index (χ2v) is 9.65. The van der Waals surface area contributed by atoms with Crippen molar-refractivity contribution in [2.45, 2.75) is 83.5 Å². The van der Waals surface area contributed by atoms with Crippen LogP contribution in [0.2, 0.25) is 0 Å². The van der Waals surface area contributed by atoms with Gasteiger partial charge in [-0.05, 0) is 58.9 Å². The van der Waals surface area contributed by atoms with E-state index in [0.717, 1.165) is 44.0 Å². The largest absolute Gasteiger partial charge is 0.361 e. The average Bonchev–Trinajstić information content (AvgIpc) is 3.35. The quantitative estimate of drug-likeness (QED) is 0.605. The van der Waals surface area contributed by atoms with Crippen LogP contribution in [0, 0.1) is 5.92 Å². The van der Waals surface area contributed by atoms with Crippen LogP contribution in [0.15, 0.2) is 10.6 Å². The van der Waals surface area contributed by atoms with Gasteiger partial charge in [-0.3, -0.25) is 9.69 Å². The van der Waals surface area contributed by atoms with E-state index in [1.165, 1.54) is 12.8 Å². The van der Waals surface area contributed by atoms with Gasteiger partial charge < -0.3 is 14.0 Å². The van der Waals surface area contributed by atoms with Crippen molar-refractivity contribution in [1.82, 2.24) is 10.1 Å². The van der Waals surface area contributed by atoms with Gasteiger partial charge in [-0.15, -0.1) is 0 Å². The van der Waals surface area contributed by atoms with Crippen molar-refractivity contribution in [3.8, 4) is 0 Å². The van der Waals surface area contributed by atoms with Crippen molar-refractivity contribution in [2.24, 2.45) is 5.92 Å². The molecule has 2 heterocycles. The molecular weight excluding hydrogens is 356 g/mol. The summed E-state index contributed by atoms with van der Waals surface area (Å²) in [6, 6.07) is 1.90. The third-order valence-electron chi connectivity index (χ3n) is 6.22. The molecule has 0 aromatic carbocycles. The number of hydrogen-bond donors (Lipinski definition) is 0. The summed E-state index contributed by atoms with van der Waals surface area (Å²) in [7, 11) is 2.04. The maximum atomic E-state index is 12.9. The Labute approximate surface area is 168 Å². The lowest BCUT2D eigenvalue weighted by molar-refractivity contribution is -0.170. The number of ketones is 1. The van der Waals surface area contributed by atoms with Crippen LogP contribution >= 0.6 is 0 Å². The standard InChI is InChI=1S/C22H36N2O4/c1-21(2,15-27-20-8-6-7-11-26-20)18-12-17(28-23-18)13-19(25)22(3,4)24(5)14-16-9-10-16/h12,16,20H,6-11,13-15H2,1-5H3. The monoisotopic (exact) mass is 392 g/mol. The molecule has 0 N–H and O–H groups in total. The van der Waals surface area contributed by atoms with Gasteiger partial charge >= 0.3 is 0 Å². The molecule has 0 amide bonds. The third kappa shape index (κ3) is 5.43. The van der Waals surface area contributed by atoms with Crippen LogP contribution < -0.4 is 0 Å². The molecular formula is C22H36N2O4. The topological polar surface area (TPSA) is 64.8 Å². The number of carbonyl (C=O) groups excluding carboxylic acids is 1. The fraction of sp³-hybridized carbons (Fsp3) is 0.818. The van der Waals surface area contributed by atoms with Crippen molar-refractivity contribution in [1.29, 1.82) is 0 Å². The smallest absolute Gasteiger partial charge is 0.160 e. The Morgan fingerprint density at radius 2 is 2.00 bits per heavy atom. The van der Waals surface area contributed by atoms with Crippen molar-refractivity contribution >= 4 is 5.78 Å². The van der Waals surface area contributed by atoms with E-state index in [2.05, 4.69) is 23.9 Å². The second-order valence-electron chi connectivity index (χ2n) is 9.65. The highest BCUT2D eigenvalue weighted by molar-refractivity contribution is 5.89. The van der Waals surface area contributed by atoms with Crippen LogP contribution in [-0.4, -0.2) is 54.5 Å². The Morgan fingerprint density at radius 3 is 2.64 bits per heavy atom. The molecule has 28 heavy (non-hydrogen) atoms. The average molecular weight is 393 g/mol. The number of carbonyl (C=O) groups is 1.